The van der Waals surface area contributed by atoms with Crippen LogP contribution in [-0.2, 0) is 17.7 Å². The van der Waals surface area contributed by atoms with Crippen LogP contribution in [0.3, 0.4) is 0 Å². The molecule has 2 aromatic rings. The molecule has 1 heterocycles. The molecular formula is C18H24F2IN3O3. The van der Waals surface area contributed by atoms with E-state index >= 15 is 0 Å². The van der Waals surface area contributed by atoms with E-state index in [0.29, 0.717) is 37.6 Å². The van der Waals surface area contributed by atoms with E-state index < -0.39 is 6.61 Å². The standard InChI is InChI=1S/C18H23F2N3O3.HI/c1-24-12-10-22-18(21-9-8-15-6-4-11-25-15)23-13-14-5-2-3-7-16(14)26-17(19)20;/h2-7,11,17H,8-10,12-13H2,1H3,(H2,21,22,23);1H. The number of rotatable bonds is 10. The molecule has 0 radical (unpaired) electrons. The predicted molar refractivity (Wildman–Crippen MR) is 110 cm³/mol. The Morgan fingerprint density at radius 1 is 1.15 bits per heavy atom. The van der Waals surface area contributed by atoms with Gasteiger partial charge in [0.1, 0.15) is 11.5 Å². The fraction of sp³-hybridized carbons (Fsp3) is 0.389. The summed E-state index contributed by atoms with van der Waals surface area (Å²) in [5.74, 6) is 1.54. The molecule has 1 aromatic carbocycles. The second-order valence-electron chi connectivity index (χ2n) is 5.33. The van der Waals surface area contributed by atoms with E-state index in [1.54, 1.807) is 31.6 Å². The molecule has 0 aliphatic rings. The van der Waals surface area contributed by atoms with Gasteiger partial charge in [-0.2, -0.15) is 8.78 Å². The third kappa shape index (κ3) is 9.05. The first-order chi connectivity index (χ1) is 12.7. The van der Waals surface area contributed by atoms with Gasteiger partial charge in [-0.15, -0.1) is 24.0 Å². The largest absolute Gasteiger partial charge is 0.469 e. The molecule has 9 heteroatoms. The van der Waals surface area contributed by atoms with Crippen molar-refractivity contribution in [3.63, 3.8) is 0 Å². The van der Waals surface area contributed by atoms with Gasteiger partial charge in [-0.3, -0.25) is 0 Å². The maximum absolute atomic E-state index is 12.5. The monoisotopic (exact) mass is 495 g/mol. The molecule has 0 unspecified atom stereocenters. The molecule has 0 amide bonds. The van der Waals surface area contributed by atoms with Gasteiger partial charge in [-0.1, -0.05) is 18.2 Å². The van der Waals surface area contributed by atoms with Gasteiger partial charge in [0, 0.05) is 32.2 Å². The van der Waals surface area contributed by atoms with Crippen molar-refractivity contribution in [1.29, 1.82) is 0 Å². The first-order valence-electron chi connectivity index (χ1n) is 8.25. The van der Waals surface area contributed by atoms with E-state index in [1.807, 2.05) is 12.1 Å². The molecule has 2 rings (SSSR count). The predicted octanol–water partition coefficient (Wildman–Crippen LogP) is 3.42. The van der Waals surface area contributed by atoms with Crippen LogP contribution in [0.1, 0.15) is 11.3 Å². The molecule has 0 saturated carbocycles. The summed E-state index contributed by atoms with van der Waals surface area (Å²) in [6.07, 6.45) is 2.32. The number of nitrogens with one attached hydrogen (secondary N) is 2. The molecule has 6 nitrogen and oxygen atoms in total. The number of halogens is 3. The average molecular weight is 495 g/mol. The molecule has 2 N–H and O–H groups in total. The number of hydrogen-bond donors (Lipinski definition) is 2. The molecule has 0 saturated heterocycles. The lowest BCUT2D eigenvalue weighted by atomic mass is 10.2. The topological polar surface area (TPSA) is 68.0 Å². The Bertz CT molecular complexity index is 670. The fourth-order valence-electron chi connectivity index (χ4n) is 2.21. The van der Waals surface area contributed by atoms with Gasteiger partial charge in [0.2, 0.25) is 0 Å². The number of aliphatic imine (C=N–C) groups is 1. The van der Waals surface area contributed by atoms with Crippen LogP contribution in [0.2, 0.25) is 0 Å². The summed E-state index contributed by atoms with van der Waals surface area (Å²) in [5, 5.41) is 6.31. The smallest absolute Gasteiger partial charge is 0.387 e. The van der Waals surface area contributed by atoms with Crippen LogP contribution in [0.15, 0.2) is 52.1 Å². The second-order valence-corrected chi connectivity index (χ2v) is 5.33. The highest BCUT2D eigenvalue weighted by molar-refractivity contribution is 14.0. The molecule has 150 valence electrons. The average Bonchev–Trinajstić information content (AvgIpc) is 3.13. The summed E-state index contributed by atoms with van der Waals surface area (Å²) in [5.41, 5.74) is 0.576. The summed E-state index contributed by atoms with van der Waals surface area (Å²) < 4.78 is 39.8. The van der Waals surface area contributed by atoms with E-state index in [0.717, 1.165) is 5.76 Å². The molecule has 0 spiro atoms. The van der Waals surface area contributed by atoms with E-state index in [9.17, 15) is 8.78 Å². The Kier molecular flexibility index (Phi) is 11.4. The molecule has 0 aliphatic carbocycles. The van der Waals surface area contributed by atoms with Gasteiger partial charge in [-0.25, -0.2) is 4.99 Å². The van der Waals surface area contributed by atoms with Crippen LogP contribution < -0.4 is 15.4 Å². The van der Waals surface area contributed by atoms with Crippen molar-refractivity contribution in [2.24, 2.45) is 4.99 Å². The van der Waals surface area contributed by atoms with Crippen molar-refractivity contribution in [2.45, 2.75) is 19.6 Å². The molecule has 0 aliphatic heterocycles. The normalized spacial score (nSPS) is 11.2. The maximum atomic E-state index is 12.5. The first kappa shape index (κ1) is 23.2. The van der Waals surface area contributed by atoms with Crippen molar-refractivity contribution in [3.05, 3.63) is 54.0 Å². The molecule has 27 heavy (non-hydrogen) atoms. The van der Waals surface area contributed by atoms with E-state index in [2.05, 4.69) is 20.4 Å². The van der Waals surface area contributed by atoms with E-state index in [-0.39, 0.29) is 36.3 Å². The Hall–Kier alpha value is -1.88. The Labute approximate surface area is 174 Å². The van der Waals surface area contributed by atoms with Crippen LogP contribution in [0.4, 0.5) is 8.78 Å². The summed E-state index contributed by atoms with van der Waals surface area (Å²) in [7, 11) is 1.61. The lowest BCUT2D eigenvalue weighted by Crippen LogP contribution is -2.40. The lowest BCUT2D eigenvalue weighted by Gasteiger charge is -2.13. The number of benzene rings is 1. The number of para-hydroxylation sites is 1. The number of guanidine groups is 1. The maximum Gasteiger partial charge on any atom is 0.387 e. The van der Waals surface area contributed by atoms with E-state index in [1.165, 1.54) is 6.07 Å². The SMILES string of the molecule is COCCNC(=NCc1ccccc1OC(F)F)NCCc1ccco1.I. The fourth-order valence-corrected chi connectivity index (χ4v) is 2.21. The zero-order chi connectivity index (χ0) is 18.6. The Balaban J connectivity index is 0.00000364. The number of nitrogens with zero attached hydrogens (tertiary/aromatic N) is 1. The van der Waals surface area contributed by atoms with Crippen LogP contribution >= 0.6 is 24.0 Å². The van der Waals surface area contributed by atoms with Crippen molar-refractivity contribution >= 4 is 29.9 Å². The number of ether oxygens (including phenoxy) is 2. The third-order valence-electron chi connectivity index (χ3n) is 3.44. The minimum absolute atomic E-state index is 0. The van der Waals surface area contributed by atoms with Gasteiger partial charge >= 0.3 is 6.61 Å². The summed E-state index contributed by atoms with van der Waals surface area (Å²) >= 11 is 0. The molecule has 0 fully saturated rings. The summed E-state index contributed by atoms with van der Waals surface area (Å²) in [4.78, 5) is 4.44. The van der Waals surface area contributed by atoms with Crippen LogP contribution in [-0.4, -0.2) is 39.4 Å². The quantitative estimate of drug-likeness (QED) is 0.229. The third-order valence-corrected chi connectivity index (χ3v) is 3.44. The highest BCUT2D eigenvalue weighted by Crippen LogP contribution is 2.20. The van der Waals surface area contributed by atoms with Crippen molar-refractivity contribution in [1.82, 2.24) is 10.6 Å². The minimum Gasteiger partial charge on any atom is -0.469 e. The van der Waals surface area contributed by atoms with Gasteiger partial charge in [-0.05, 0) is 18.2 Å². The Morgan fingerprint density at radius 3 is 2.63 bits per heavy atom. The minimum atomic E-state index is -2.87. The van der Waals surface area contributed by atoms with Gasteiger partial charge in [0.15, 0.2) is 5.96 Å². The van der Waals surface area contributed by atoms with Gasteiger partial charge in [0.05, 0.1) is 19.4 Å². The van der Waals surface area contributed by atoms with Crippen molar-refractivity contribution in [2.75, 3.05) is 26.8 Å². The lowest BCUT2D eigenvalue weighted by molar-refractivity contribution is -0.0504. The van der Waals surface area contributed by atoms with Crippen LogP contribution in [0.5, 0.6) is 5.75 Å². The number of furan rings is 1. The molecular weight excluding hydrogens is 471 g/mol. The van der Waals surface area contributed by atoms with Crippen LogP contribution in [0, 0.1) is 0 Å². The zero-order valence-electron chi connectivity index (χ0n) is 15.0. The number of methoxy groups -OCH3 is 1. The summed E-state index contributed by atoms with van der Waals surface area (Å²) in [6, 6.07) is 10.3. The van der Waals surface area contributed by atoms with Crippen molar-refractivity contribution < 1.29 is 22.7 Å². The summed E-state index contributed by atoms with van der Waals surface area (Å²) in [6.45, 7) is -0.971. The zero-order valence-corrected chi connectivity index (χ0v) is 17.3. The highest BCUT2D eigenvalue weighted by Gasteiger charge is 2.09. The Morgan fingerprint density at radius 2 is 1.93 bits per heavy atom. The second kappa shape index (κ2) is 13.3. The van der Waals surface area contributed by atoms with Crippen molar-refractivity contribution in [3.8, 4) is 5.75 Å². The van der Waals surface area contributed by atoms with E-state index in [4.69, 9.17) is 9.15 Å². The highest BCUT2D eigenvalue weighted by atomic mass is 127. The van der Waals surface area contributed by atoms with Gasteiger partial charge in [0.25, 0.3) is 0 Å². The molecule has 0 atom stereocenters. The molecule has 1 aromatic heterocycles. The van der Waals surface area contributed by atoms with Crippen LogP contribution in [0.25, 0.3) is 0 Å². The first-order valence-corrected chi connectivity index (χ1v) is 8.25. The molecule has 0 bridgehead atoms. The number of hydrogen-bond acceptors (Lipinski definition) is 4. The number of alkyl halides is 2. The van der Waals surface area contributed by atoms with Gasteiger partial charge < -0.3 is 24.5 Å².